The lowest BCUT2D eigenvalue weighted by Gasteiger charge is -2.26. The van der Waals surface area contributed by atoms with Crippen molar-refractivity contribution in [3.8, 4) is 0 Å². The average molecular weight is 261 g/mol. The van der Waals surface area contributed by atoms with Crippen LogP contribution in [-0.4, -0.2) is 48.2 Å². The number of ether oxygens (including phenoxy) is 1. The number of morpholine rings is 1. The summed E-state index contributed by atoms with van der Waals surface area (Å²) in [6, 6.07) is 6.87. The summed E-state index contributed by atoms with van der Waals surface area (Å²) in [4.78, 5) is 24.3. The number of rotatable bonds is 3. The van der Waals surface area contributed by atoms with Crippen molar-refractivity contribution in [1.29, 1.82) is 0 Å². The lowest BCUT2D eigenvalue weighted by Crippen LogP contribution is -2.40. The molecule has 0 radical (unpaired) electrons. The largest absolute Gasteiger partial charge is 0.478 e. The third-order valence-corrected chi connectivity index (χ3v) is 2.87. The fraction of sp³-hybridized carbons (Fsp3) is 0.286. The molecule has 19 heavy (non-hydrogen) atoms. The fourth-order valence-electron chi connectivity index (χ4n) is 1.85. The van der Waals surface area contributed by atoms with E-state index in [-0.39, 0.29) is 5.91 Å². The van der Waals surface area contributed by atoms with E-state index >= 15 is 0 Å². The van der Waals surface area contributed by atoms with Crippen LogP contribution in [0.4, 0.5) is 0 Å². The molecule has 1 aliphatic rings. The van der Waals surface area contributed by atoms with Gasteiger partial charge in [0.15, 0.2) is 0 Å². The van der Waals surface area contributed by atoms with Crippen molar-refractivity contribution in [2.24, 2.45) is 0 Å². The van der Waals surface area contributed by atoms with Gasteiger partial charge < -0.3 is 14.7 Å². The van der Waals surface area contributed by atoms with E-state index in [1.807, 2.05) is 0 Å². The van der Waals surface area contributed by atoms with Gasteiger partial charge in [-0.3, -0.25) is 4.79 Å². The first-order valence-electron chi connectivity index (χ1n) is 6.05. The first kappa shape index (κ1) is 13.3. The number of benzene rings is 1. The predicted octanol–water partition coefficient (Wildman–Crippen LogP) is 1.26. The third-order valence-electron chi connectivity index (χ3n) is 2.87. The molecule has 1 N–H and O–H groups in total. The summed E-state index contributed by atoms with van der Waals surface area (Å²) in [5.41, 5.74) is 1.36. The highest BCUT2D eigenvalue weighted by Gasteiger charge is 2.17. The molecule has 0 spiro atoms. The van der Waals surface area contributed by atoms with Crippen LogP contribution in [0.1, 0.15) is 15.9 Å². The van der Waals surface area contributed by atoms with Gasteiger partial charge in [0, 0.05) is 24.7 Å². The van der Waals surface area contributed by atoms with Gasteiger partial charge in [-0.15, -0.1) is 0 Å². The number of carbonyl (C=O) groups is 2. The molecule has 0 atom stereocenters. The van der Waals surface area contributed by atoms with Gasteiger partial charge in [-0.2, -0.15) is 0 Å². The summed E-state index contributed by atoms with van der Waals surface area (Å²) in [7, 11) is 0. The molecule has 5 heteroatoms. The van der Waals surface area contributed by atoms with Crippen LogP contribution < -0.4 is 0 Å². The van der Waals surface area contributed by atoms with Gasteiger partial charge in [0.2, 0.25) is 0 Å². The number of carboxylic acid groups (broad SMARTS) is 1. The van der Waals surface area contributed by atoms with E-state index in [0.29, 0.717) is 31.9 Å². The summed E-state index contributed by atoms with van der Waals surface area (Å²) >= 11 is 0. The van der Waals surface area contributed by atoms with Crippen molar-refractivity contribution in [1.82, 2.24) is 4.90 Å². The second-order valence-corrected chi connectivity index (χ2v) is 4.20. The average Bonchev–Trinajstić information content (AvgIpc) is 2.46. The van der Waals surface area contributed by atoms with Crippen molar-refractivity contribution in [3.63, 3.8) is 0 Å². The van der Waals surface area contributed by atoms with Crippen molar-refractivity contribution in [3.05, 3.63) is 41.5 Å². The third kappa shape index (κ3) is 3.66. The number of hydrogen-bond acceptors (Lipinski definition) is 3. The summed E-state index contributed by atoms with van der Waals surface area (Å²) in [6.45, 7) is 2.37. The number of nitrogens with zero attached hydrogens (tertiary/aromatic N) is 1. The SMILES string of the molecule is O=C(O)/C=C/c1ccc(C(=O)N2CCOCC2)cc1. The van der Waals surface area contributed by atoms with E-state index in [1.165, 1.54) is 6.08 Å². The summed E-state index contributed by atoms with van der Waals surface area (Å²) < 4.78 is 5.20. The van der Waals surface area contributed by atoms with Gasteiger partial charge in [0.05, 0.1) is 13.2 Å². The number of hydrogen-bond donors (Lipinski definition) is 1. The molecule has 1 amide bonds. The van der Waals surface area contributed by atoms with Crippen LogP contribution in [-0.2, 0) is 9.53 Å². The molecule has 5 nitrogen and oxygen atoms in total. The zero-order valence-corrected chi connectivity index (χ0v) is 10.4. The molecule has 0 unspecified atom stereocenters. The molecule has 0 aromatic heterocycles. The maximum absolute atomic E-state index is 12.1. The van der Waals surface area contributed by atoms with Gasteiger partial charge in [0.1, 0.15) is 0 Å². The monoisotopic (exact) mass is 261 g/mol. The number of carboxylic acids is 1. The molecule has 0 saturated carbocycles. The Morgan fingerprint density at radius 3 is 2.37 bits per heavy atom. The fourth-order valence-corrected chi connectivity index (χ4v) is 1.85. The van der Waals surface area contributed by atoms with Crippen molar-refractivity contribution < 1.29 is 19.4 Å². The van der Waals surface area contributed by atoms with E-state index in [4.69, 9.17) is 9.84 Å². The molecular weight excluding hydrogens is 246 g/mol. The topological polar surface area (TPSA) is 66.8 Å². The molecule has 1 fully saturated rings. The van der Waals surface area contributed by atoms with Crippen LogP contribution in [0, 0.1) is 0 Å². The summed E-state index contributed by atoms with van der Waals surface area (Å²) in [6.07, 6.45) is 2.56. The maximum atomic E-state index is 12.1. The zero-order valence-electron chi connectivity index (χ0n) is 10.4. The molecule has 1 heterocycles. The van der Waals surface area contributed by atoms with Crippen LogP contribution in [0.5, 0.6) is 0 Å². The molecule has 0 bridgehead atoms. The van der Waals surface area contributed by atoms with Gasteiger partial charge in [-0.05, 0) is 23.8 Å². The van der Waals surface area contributed by atoms with Gasteiger partial charge in [-0.25, -0.2) is 4.79 Å². The van der Waals surface area contributed by atoms with Crippen LogP contribution >= 0.6 is 0 Å². The Kier molecular flexibility index (Phi) is 4.30. The Bertz CT molecular complexity index is 487. The maximum Gasteiger partial charge on any atom is 0.328 e. The highest BCUT2D eigenvalue weighted by molar-refractivity contribution is 5.94. The lowest BCUT2D eigenvalue weighted by atomic mass is 10.1. The standard InChI is InChI=1S/C14H15NO4/c16-13(17)6-3-11-1-4-12(5-2-11)14(18)15-7-9-19-10-8-15/h1-6H,7-10H2,(H,16,17)/b6-3+. The van der Waals surface area contributed by atoms with Crippen LogP contribution in [0.2, 0.25) is 0 Å². The van der Waals surface area contributed by atoms with Crippen molar-refractivity contribution >= 4 is 18.0 Å². The van der Waals surface area contributed by atoms with E-state index in [9.17, 15) is 9.59 Å². The second kappa shape index (κ2) is 6.15. The van der Waals surface area contributed by atoms with Crippen LogP contribution in [0.3, 0.4) is 0 Å². The molecule has 1 aromatic rings. The first-order valence-corrected chi connectivity index (χ1v) is 6.05. The number of amides is 1. The van der Waals surface area contributed by atoms with E-state index in [1.54, 1.807) is 29.2 Å². The van der Waals surface area contributed by atoms with Gasteiger partial charge >= 0.3 is 5.97 Å². The second-order valence-electron chi connectivity index (χ2n) is 4.20. The highest BCUT2D eigenvalue weighted by Crippen LogP contribution is 2.10. The molecule has 2 rings (SSSR count). The minimum Gasteiger partial charge on any atom is -0.478 e. The van der Waals surface area contributed by atoms with E-state index in [0.717, 1.165) is 11.6 Å². The molecule has 1 aromatic carbocycles. The Balaban J connectivity index is 2.05. The normalized spacial score (nSPS) is 15.7. The Morgan fingerprint density at radius 1 is 1.16 bits per heavy atom. The minimum absolute atomic E-state index is 0.0166. The van der Waals surface area contributed by atoms with Crippen LogP contribution in [0.15, 0.2) is 30.3 Å². The number of carbonyl (C=O) groups excluding carboxylic acids is 1. The van der Waals surface area contributed by atoms with Crippen molar-refractivity contribution in [2.75, 3.05) is 26.3 Å². The molecule has 1 aliphatic heterocycles. The van der Waals surface area contributed by atoms with Gasteiger partial charge in [-0.1, -0.05) is 12.1 Å². The highest BCUT2D eigenvalue weighted by atomic mass is 16.5. The lowest BCUT2D eigenvalue weighted by molar-refractivity contribution is -0.131. The quantitative estimate of drug-likeness (QED) is 0.832. The molecule has 0 aliphatic carbocycles. The van der Waals surface area contributed by atoms with E-state index in [2.05, 4.69) is 0 Å². The Labute approximate surface area is 111 Å². The molecule has 1 saturated heterocycles. The van der Waals surface area contributed by atoms with Gasteiger partial charge in [0.25, 0.3) is 5.91 Å². The van der Waals surface area contributed by atoms with Crippen LogP contribution in [0.25, 0.3) is 6.08 Å². The smallest absolute Gasteiger partial charge is 0.328 e. The summed E-state index contributed by atoms with van der Waals surface area (Å²) in [5.74, 6) is -1.01. The zero-order chi connectivity index (χ0) is 13.7. The molecular formula is C14H15NO4. The van der Waals surface area contributed by atoms with Crippen molar-refractivity contribution in [2.45, 2.75) is 0 Å². The Morgan fingerprint density at radius 2 is 1.79 bits per heavy atom. The molecule has 100 valence electrons. The first-order chi connectivity index (χ1) is 9.16. The Hall–Kier alpha value is -2.14. The van der Waals surface area contributed by atoms with E-state index < -0.39 is 5.97 Å². The minimum atomic E-state index is -0.992. The number of aliphatic carboxylic acids is 1. The summed E-state index contributed by atoms with van der Waals surface area (Å²) in [5, 5.41) is 8.53. The predicted molar refractivity (Wildman–Crippen MR) is 69.8 cm³/mol.